The van der Waals surface area contributed by atoms with Gasteiger partial charge < -0.3 is 14.8 Å². The third-order valence-electron chi connectivity index (χ3n) is 2.13. The van der Waals surface area contributed by atoms with Crippen LogP contribution in [0.4, 0.5) is 0 Å². The van der Waals surface area contributed by atoms with Gasteiger partial charge in [0, 0.05) is 25.0 Å². The number of ether oxygens (including phenoxy) is 2. The first kappa shape index (κ1) is 9.64. The lowest BCUT2D eigenvalue weighted by atomic mass is 10.3. The molecule has 1 aliphatic rings. The zero-order valence-corrected chi connectivity index (χ0v) is 8.03. The molecular weight excluding hydrogens is 182 g/mol. The van der Waals surface area contributed by atoms with Crippen LogP contribution in [-0.4, -0.2) is 42.7 Å². The summed E-state index contributed by atoms with van der Waals surface area (Å²) in [6.07, 6.45) is 1.93. The zero-order valence-electron chi connectivity index (χ0n) is 8.03. The molecule has 1 saturated heterocycles. The van der Waals surface area contributed by atoms with E-state index in [2.05, 4.69) is 15.5 Å². The van der Waals surface area contributed by atoms with Crippen molar-refractivity contribution in [3.05, 3.63) is 18.0 Å². The molecule has 78 valence electrons. The molecule has 0 aromatic carbocycles. The summed E-state index contributed by atoms with van der Waals surface area (Å²) in [5.74, 6) is 0. The fraction of sp³-hybridized carbons (Fsp3) is 0.667. The molecule has 1 aromatic rings. The monoisotopic (exact) mass is 197 g/mol. The predicted molar refractivity (Wildman–Crippen MR) is 50.9 cm³/mol. The molecule has 0 aliphatic carbocycles. The maximum atomic E-state index is 5.48. The Morgan fingerprint density at radius 1 is 1.57 bits per heavy atom. The van der Waals surface area contributed by atoms with Crippen LogP contribution in [0, 0.1) is 0 Å². The van der Waals surface area contributed by atoms with Gasteiger partial charge in [-0.25, -0.2) is 0 Å². The minimum atomic E-state index is 0.187. The molecule has 1 fully saturated rings. The number of hydrogen-bond acceptors (Lipinski definition) is 4. The van der Waals surface area contributed by atoms with Gasteiger partial charge in [-0.1, -0.05) is 0 Å². The van der Waals surface area contributed by atoms with E-state index in [0.29, 0.717) is 13.2 Å². The largest absolute Gasteiger partial charge is 0.376 e. The maximum Gasteiger partial charge on any atom is 0.0933 e. The molecule has 5 nitrogen and oxygen atoms in total. The number of nitrogens with zero attached hydrogens (tertiary/aromatic N) is 1. The van der Waals surface area contributed by atoms with Crippen molar-refractivity contribution in [2.24, 2.45) is 0 Å². The van der Waals surface area contributed by atoms with Gasteiger partial charge in [-0.3, -0.25) is 5.10 Å². The molecular formula is C9H15N3O2. The SMILES string of the molecule is c1cc(CNCC2COCCO2)[nH]n1. The summed E-state index contributed by atoms with van der Waals surface area (Å²) >= 11 is 0. The Morgan fingerprint density at radius 3 is 3.29 bits per heavy atom. The van der Waals surface area contributed by atoms with Gasteiger partial charge in [-0.05, 0) is 6.07 Å². The fourth-order valence-electron chi connectivity index (χ4n) is 1.41. The van der Waals surface area contributed by atoms with E-state index < -0.39 is 0 Å². The first-order valence-electron chi connectivity index (χ1n) is 4.83. The minimum Gasteiger partial charge on any atom is -0.376 e. The normalized spacial score (nSPS) is 22.4. The molecule has 0 radical (unpaired) electrons. The van der Waals surface area contributed by atoms with Crippen molar-refractivity contribution in [1.29, 1.82) is 0 Å². The van der Waals surface area contributed by atoms with Crippen molar-refractivity contribution < 1.29 is 9.47 Å². The van der Waals surface area contributed by atoms with E-state index >= 15 is 0 Å². The molecule has 2 N–H and O–H groups in total. The van der Waals surface area contributed by atoms with Gasteiger partial charge in [0.05, 0.1) is 25.9 Å². The second-order valence-electron chi connectivity index (χ2n) is 3.28. The number of rotatable bonds is 4. The lowest BCUT2D eigenvalue weighted by Crippen LogP contribution is -2.37. The van der Waals surface area contributed by atoms with Gasteiger partial charge >= 0.3 is 0 Å². The quantitative estimate of drug-likeness (QED) is 0.708. The van der Waals surface area contributed by atoms with Crippen LogP contribution in [0.3, 0.4) is 0 Å². The molecule has 1 unspecified atom stereocenters. The van der Waals surface area contributed by atoms with Crippen LogP contribution in [0.25, 0.3) is 0 Å². The van der Waals surface area contributed by atoms with E-state index in [1.165, 1.54) is 0 Å². The van der Waals surface area contributed by atoms with Crippen molar-refractivity contribution in [1.82, 2.24) is 15.5 Å². The fourth-order valence-corrected chi connectivity index (χ4v) is 1.41. The number of H-pyrrole nitrogens is 1. The topological polar surface area (TPSA) is 59.2 Å². The highest BCUT2D eigenvalue weighted by atomic mass is 16.6. The molecule has 1 aliphatic heterocycles. The Bertz CT molecular complexity index is 245. The smallest absolute Gasteiger partial charge is 0.0933 e. The summed E-state index contributed by atoms with van der Waals surface area (Å²) in [5, 5.41) is 10.0. The van der Waals surface area contributed by atoms with Gasteiger partial charge in [-0.2, -0.15) is 5.10 Å². The first-order valence-corrected chi connectivity index (χ1v) is 4.83. The highest BCUT2D eigenvalue weighted by Gasteiger charge is 2.13. The average molecular weight is 197 g/mol. The Labute approximate surface area is 82.8 Å². The Morgan fingerprint density at radius 2 is 2.57 bits per heavy atom. The van der Waals surface area contributed by atoms with Crippen molar-refractivity contribution in [2.45, 2.75) is 12.6 Å². The van der Waals surface area contributed by atoms with E-state index in [0.717, 1.165) is 25.4 Å². The van der Waals surface area contributed by atoms with Crippen LogP contribution in [0.2, 0.25) is 0 Å². The van der Waals surface area contributed by atoms with Gasteiger partial charge in [0.2, 0.25) is 0 Å². The average Bonchev–Trinajstić information content (AvgIpc) is 2.72. The van der Waals surface area contributed by atoms with E-state index in [1.807, 2.05) is 6.07 Å². The number of aromatic nitrogens is 2. The number of nitrogens with one attached hydrogen (secondary N) is 2. The maximum absolute atomic E-state index is 5.48. The van der Waals surface area contributed by atoms with Gasteiger partial charge in [-0.15, -0.1) is 0 Å². The van der Waals surface area contributed by atoms with E-state index in [9.17, 15) is 0 Å². The zero-order chi connectivity index (χ0) is 9.64. The Kier molecular flexibility index (Phi) is 3.50. The van der Waals surface area contributed by atoms with Gasteiger partial charge in [0.25, 0.3) is 0 Å². The van der Waals surface area contributed by atoms with Crippen molar-refractivity contribution in [3.8, 4) is 0 Å². The second kappa shape index (κ2) is 5.09. The van der Waals surface area contributed by atoms with Crippen LogP contribution < -0.4 is 5.32 Å². The molecule has 0 amide bonds. The third-order valence-corrected chi connectivity index (χ3v) is 2.13. The van der Waals surface area contributed by atoms with Gasteiger partial charge in [0.15, 0.2) is 0 Å². The van der Waals surface area contributed by atoms with Gasteiger partial charge in [0.1, 0.15) is 0 Å². The highest BCUT2D eigenvalue weighted by molar-refractivity contribution is 4.96. The van der Waals surface area contributed by atoms with Crippen LogP contribution in [-0.2, 0) is 16.0 Å². The lowest BCUT2D eigenvalue weighted by Gasteiger charge is -2.22. The van der Waals surface area contributed by atoms with Crippen LogP contribution >= 0.6 is 0 Å². The molecule has 14 heavy (non-hydrogen) atoms. The summed E-state index contributed by atoms with van der Waals surface area (Å²) in [6.45, 7) is 3.72. The number of aromatic amines is 1. The van der Waals surface area contributed by atoms with Crippen LogP contribution in [0.1, 0.15) is 5.69 Å². The van der Waals surface area contributed by atoms with E-state index in [-0.39, 0.29) is 6.10 Å². The summed E-state index contributed by atoms with van der Waals surface area (Å²) in [5.41, 5.74) is 1.08. The Hall–Kier alpha value is -0.910. The molecule has 0 saturated carbocycles. The second-order valence-corrected chi connectivity index (χ2v) is 3.28. The summed E-state index contributed by atoms with van der Waals surface area (Å²) in [4.78, 5) is 0. The standard InChI is InChI=1S/C9H15N3O2/c1-2-11-12-8(1)5-10-6-9-7-13-3-4-14-9/h1-2,9-10H,3-7H2,(H,11,12). The van der Waals surface area contributed by atoms with E-state index in [1.54, 1.807) is 6.20 Å². The molecule has 1 atom stereocenters. The molecule has 1 aromatic heterocycles. The van der Waals surface area contributed by atoms with Crippen molar-refractivity contribution >= 4 is 0 Å². The third kappa shape index (κ3) is 2.80. The Balaban J connectivity index is 1.62. The van der Waals surface area contributed by atoms with Crippen molar-refractivity contribution in [2.75, 3.05) is 26.4 Å². The minimum absolute atomic E-state index is 0.187. The molecule has 0 spiro atoms. The van der Waals surface area contributed by atoms with Crippen LogP contribution in [0.5, 0.6) is 0 Å². The van der Waals surface area contributed by atoms with E-state index in [4.69, 9.17) is 9.47 Å². The summed E-state index contributed by atoms with van der Waals surface area (Å²) in [7, 11) is 0. The number of hydrogen-bond donors (Lipinski definition) is 2. The highest BCUT2D eigenvalue weighted by Crippen LogP contribution is 1.99. The van der Waals surface area contributed by atoms with Crippen LogP contribution in [0.15, 0.2) is 12.3 Å². The lowest BCUT2D eigenvalue weighted by molar-refractivity contribution is -0.0864. The summed E-state index contributed by atoms with van der Waals surface area (Å²) in [6, 6.07) is 1.95. The van der Waals surface area contributed by atoms with Crippen molar-refractivity contribution in [3.63, 3.8) is 0 Å². The summed E-state index contributed by atoms with van der Waals surface area (Å²) < 4.78 is 10.8. The first-order chi connectivity index (χ1) is 6.95. The molecule has 0 bridgehead atoms. The molecule has 5 heteroatoms. The molecule has 2 heterocycles. The predicted octanol–water partition coefficient (Wildman–Crippen LogP) is -0.0853. The molecule has 2 rings (SSSR count).